The van der Waals surface area contributed by atoms with Crippen molar-refractivity contribution in [1.82, 2.24) is 9.88 Å². The van der Waals surface area contributed by atoms with Crippen LogP contribution in [0, 0.1) is 0 Å². The molecule has 0 aliphatic carbocycles. The van der Waals surface area contributed by atoms with Crippen molar-refractivity contribution in [1.29, 1.82) is 0 Å². The highest BCUT2D eigenvalue weighted by Crippen LogP contribution is 2.26. The Bertz CT molecular complexity index is 734. The molecule has 1 fully saturated rings. The number of benzene rings is 1. The second-order valence-electron chi connectivity index (χ2n) is 6.03. The molecule has 0 radical (unpaired) electrons. The zero-order valence-electron chi connectivity index (χ0n) is 13.4. The van der Waals surface area contributed by atoms with E-state index in [2.05, 4.69) is 22.1 Å². The van der Waals surface area contributed by atoms with Gasteiger partial charge in [-0.25, -0.2) is 4.98 Å². The summed E-state index contributed by atoms with van der Waals surface area (Å²) in [6.07, 6.45) is 5.64. The molecule has 1 atom stereocenters. The van der Waals surface area contributed by atoms with Gasteiger partial charge in [-0.05, 0) is 44.5 Å². The van der Waals surface area contributed by atoms with Gasteiger partial charge in [-0.15, -0.1) is 11.3 Å². The Labute approximate surface area is 155 Å². The lowest BCUT2D eigenvalue weighted by atomic mass is 10.0. The first kappa shape index (κ1) is 17.7. The number of halogens is 2. The number of rotatable bonds is 4. The Morgan fingerprint density at radius 1 is 1.42 bits per heavy atom. The van der Waals surface area contributed by atoms with Crippen molar-refractivity contribution in [3.8, 4) is 0 Å². The van der Waals surface area contributed by atoms with E-state index in [1.807, 2.05) is 6.20 Å². The fraction of sp³-hybridized carbons (Fsp3) is 0.412. The Morgan fingerprint density at radius 3 is 3.04 bits per heavy atom. The topological polar surface area (TPSA) is 45.2 Å². The van der Waals surface area contributed by atoms with E-state index in [1.165, 1.54) is 30.6 Å². The van der Waals surface area contributed by atoms with Gasteiger partial charge in [0, 0.05) is 28.7 Å². The molecule has 1 unspecified atom stereocenters. The number of anilines is 1. The van der Waals surface area contributed by atoms with Crippen molar-refractivity contribution < 1.29 is 4.79 Å². The predicted octanol–water partition coefficient (Wildman–Crippen LogP) is 5.08. The fourth-order valence-corrected chi connectivity index (χ4v) is 4.08. The SMILES string of the molecule is CC1CCCCN1Cc1cnc(NC(=O)c2cc(Cl)ccc2Cl)s1. The minimum absolute atomic E-state index is 0.297. The summed E-state index contributed by atoms with van der Waals surface area (Å²) >= 11 is 13.5. The van der Waals surface area contributed by atoms with Crippen LogP contribution < -0.4 is 5.32 Å². The van der Waals surface area contributed by atoms with Gasteiger partial charge in [0.15, 0.2) is 5.13 Å². The first-order valence-corrected chi connectivity index (χ1v) is 9.55. The molecule has 1 amide bonds. The van der Waals surface area contributed by atoms with Crippen LogP contribution in [0.25, 0.3) is 0 Å². The van der Waals surface area contributed by atoms with Crippen molar-refractivity contribution >= 4 is 45.6 Å². The molecule has 1 saturated heterocycles. The highest BCUT2D eigenvalue weighted by Gasteiger charge is 2.19. The largest absolute Gasteiger partial charge is 0.298 e. The Hall–Kier alpha value is -1.14. The van der Waals surface area contributed by atoms with E-state index in [4.69, 9.17) is 23.2 Å². The molecule has 1 aromatic carbocycles. The number of nitrogens with one attached hydrogen (secondary N) is 1. The molecule has 1 N–H and O–H groups in total. The van der Waals surface area contributed by atoms with Crippen LogP contribution in [0.2, 0.25) is 10.0 Å². The van der Waals surface area contributed by atoms with Crippen LogP contribution in [0.3, 0.4) is 0 Å². The Kier molecular flexibility index (Phi) is 5.76. The highest BCUT2D eigenvalue weighted by molar-refractivity contribution is 7.15. The molecule has 1 aliphatic rings. The molecule has 128 valence electrons. The number of thiazole rings is 1. The summed E-state index contributed by atoms with van der Waals surface area (Å²) in [6.45, 7) is 4.27. The zero-order valence-corrected chi connectivity index (χ0v) is 15.7. The lowest BCUT2D eigenvalue weighted by Gasteiger charge is -2.32. The van der Waals surface area contributed by atoms with Crippen LogP contribution in [0.1, 0.15) is 41.4 Å². The first-order chi connectivity index (χ1) is 11.5. The van der Waals surface area contributed by atoms with Gasteiger partial charge in [0.2, 0.25) is 0 Å². The summed E-state index contributed by atoms with van der Waals surface area (Å²) in [4.78, 5) is 20.3. The van der Waals surface area contributed by atoms with Gasteiger partial charge in [-0.3, -0.25) is 15.0 Å². The van der Waals surface area contributed by atoms with Gasteiger partial charge < -0.3 is 0 Å². The molecule has 2 heterocycles. The first-order valence-electron chi connectivity index (χ1n) is 7.98. The van der Waals surface area contributed by atoms with E-state index in [9.17, 15) is 4.79 Å². The van der Waals surface area contributed by atoms with E-state index >= 15 is 0 Å². The van der Waals surface area contributed by atoms with Gasteiger partial charge >= 0.3 is 0 Å². The maximum absolute atomic E-state index is 12.3. The average molecular weight is 384 g/mol. The molecule has 1 aromatic heterocycles. The van der Waals surface area contributed by atoms with Crippen LogP contribution in [-0.2, 0) is 6.54 Å². The minimum atomic E-state index is -0.297. The Balaban J connectivity index is 1.65. The number of carbonyl (C=O) groups excluding carboxylic acids is 1. The van der Waals surface area contributed by atoms with Crippen molar-refractivity contribution in [3.63, 3.8) is 0 Å². The van der Waals surface area contributed by atoms with E-state index in [1.54, 1.807) is 18.2 Å². The smallest absolute Gasteiger partial charge is 0.259 e. The van der Waals surface area contributed by atoms with Crippen molar-refractivity contribution in [2.24, 2.45) is 0 Å². The maximum atomic E-state index is 12.3. The molecule has 0 spiro atoms. The summed E-state index contributed by atoms with van der Waals surface area (Å²) in [5.41, 5.74) is 0.352. The molecule has 0 saturated carbocycles. The second-order valence-corrected chi connectivity index (χ2v) is 7.98. The summed E-state index contributed by atoms with van der Waals surface area (Å²) < 4.78 is 0. The van der Waals surface area contributed by atoms with Gasteiger partial charge in [-0.1, -0.05) is 29.6 Å². The summed E-state index contributed by atoms with van der Waals surface area (Å²) in [6, 6.07) is 5.43. The summed E-state index contributed by atoms with van der Waals surface area (Å²) in [5, 5.41) is 4.23. The van der Waals surface area contributed by atoms with E-state index < -0.39 is 0 Å². The minimum Gasteiger partial charge on any atom is -0.298 e. The molecule has 3 rings (SSSR count). The third-order valence-corrected chi connectivity index (χ3v) is 5.71. The number of carbonyl (C=O) groups is 1. The standard InChI is InChI=1S/C17H19Cl2N3OS/c1-11-4-2-3-7-22(11)10-13-9-20-17(24-13)21-16(23)14-8-12(18)5-6-15(14)19/h5-6,8-9,11H,2-4,7,10H2,1H3,(H,20,21,23). The fourth-order valence-electron chi connectivity index (χ4n) is 2.87. The van der Waals surface area contributed by atoms with Gasteiger partial charge in [-0.2, -0.15) is 0 Å². The number of hydrogen-bond donors (Lipinski definition) is 1. The van der Waals surface area contributed by atoms with Crippen LogP contribution in [0.15, 0.2) is 24.4 Å². The van der Waals surface area contributed by atoms with Crippen molar-refractivity contribution in [2.45, 2.75) is 38.8 Å². The molecule has 24 heavy (non-hydrogen) atoms. The van der Waals surface area contributed by atoms with Crippen LogP contribution in [0.5, 0.6) is 0 Å². The molecule has 1 aliphatic heterocycles. The van der Waals surface area contributed by atoms with Gasteiger partial charge in [0.25, 0.3) is 5.91 Å². The zero-order chi connectivity index (χ0) is 17.1. The van der Waals surface area contributed by atoms with E-state index in [0.29, 0.717) is 26.8 Å². The summed E-state index contributed by atoms with van der Waals surface area (Å²) in [7, 11) is 0. The number of nitrogens with zero attached hydrogens (tertiary/aromatic N) is 2. The van der Waals surface area contributed by atoms with Gasteiger partial charge in [0.1, 0.15) is 0 Å². The molecule has 7 heteroatoms. The predicted molar refractivity (Wildman–Crippen MR) is 100 cm³/mol. The van der Waals surface area contributed by atoms with Gasteiger partial charge in [0.05, 0.1) is 10.6 Å². The quantitative estimate of drug-likeness (QED) is 0.800. The van der Waals surface area contributed by atoms with Crippen molar-refractivity contribution in [3.05, 3.63) is 44.9 Å². The molecule has 4 nitrogen and oxygen atoms in total. The monoisotopic (exact) mass is 383 g/mol. The third-order valence-electron chi connectivity index (χ3n) is 4.25. The average Bonchev–Trinajstić information content (AvgIpc) is 2.99. The van der Waals surface area contributed by atoms with Crippen LogP contribution in [-0.4, -0.2) is 28.4 Å². The normalized spacial score (nSPS) is 18.5. The number of aromatic nitrogens is 1. The number of amides is 1. The van der Waals surface area contributed by atoms with E-state index in [0.717, 1.165) is 18.0 Å². The molecule has 0 bridgehead atoms. The highest BCUT2D eigenvalue weighted by atomic mass is 35.5. The summed E-state index contributed by atoms with van der Waals surface area (Å²) in [5.74, 6) is -0.297. The number of hydrogen-bond acceptors (Lipinski definition) is 4. The number of likely N-dealkylation sites (tertiary alicyclic amines) is 1. The van der Waals surface area contributed by atoms with Crippen LogP contribution in [0.4, 0.5) is 5.13 Å². The molecular weight excluding hydrogens is 365 g/mol. The molecule has 2 aromatic rings. The Morgan fingerprint density at radius 2 is 2.25 bits per heavy atom. The van der Waals surface area contributed by atoms with Crippen LogP contribution >= 0.6 is 34.5 Å². The number of piperidine rings is 1. The third kappa shape index (κ3) is 4.28. The van der Waals surface area contributed by atoms with E-state index in [-0.39, 0.29) is 5.91 Å². The lowest BCUT2D eigenvalue weighted by Crippen LogP contribution is -2.36. The van der Waals surface area contributed by atoms with Crippen molar-refractivity contribution in [2.75, 3.05) is 11.9 Å². The lowest BCUT2D eigenvalue weighted by molar-refractivity contribution is 0.102. The second kappa shape index (κ2) is 7.83. The molecular formula is C17H19Cl2N3OS. The maximum Gasteiger partial charge on any atom is 0.259 e.